The van der Waals surface area contributed by atoms with E-state index >= 15 is 0 Å². The third-order valence-corrected chi connectivity index (χ3v) is 6.56. The number of primary amides is 2. The first-order valence-electron chi connectivity index (χ1n) is 12.0. The van der Waals surface area contributed by atoms with Crippen LogP contribution in [0.3, 0.4) is 0 Å². The van der Waals surface area contributed by atoms with E-state index in [1.165, 1.54) is 26.2 Å². The maximum Gasteiger partial charge on any atom is 0.250 e. The molecule has 34 heavy (non-hydrogen) atoms. The van der Waals surface area contributed by atoms with Crippen LogP contribution in [-0.4, -0.2) is 28.3 Å². The third-order valence-electron chi connectivity index (χ3n) is 6.56. The highest BCUT2D eigenvalue weighted by Gasteiger charge is 2.26. The normalized spacial score (nSPS) is 15.9. The lowest BCUT2D eigenvalue weighted by molar-refractivity contribution is -0.115. The second-order valence-corrected chi connectivity index (χ2v) is 9.14. The minimum absolute atomic E-state index is 0.160. The Bertz CT molecular complexity index is 1230. The summed E-state index contributed by atoms with van der Waals surface area (Å²) in [5.74, 6) is -0.591. The van der Waals surface area contributed by atoms with E-state index in [0.717, 1.165) is 59.1 Å². The molecule has 2 amide bonds. The Morgan fingerprint density at radius 2 is 1.68 bits per heavy atom. The van der Waals surface area contributed by atoms with Gasteiger partial charge in [0.25, 0.3) is 5.91 Å². The van der Waals surface area contributed by atoms with E-state index in [1.54, 1.807) is 0 Å². The Balaban J connectivity index is 0.000000636. The third kappa shape index (κ3) is 4.83. The lowest BCUT2D eigenvalue weighted by Gasteiger charge is -2.25. The fourth-order valence-electron chi connectivity index (χ4n) is 5.16. The highest BCUT2D eigenvalue weighted by atomic mass is 16.2. The van der Waals surface area contributed by atoms with Crippen LogP contribution in [0.25, 0.3) is 22.0 Å². The van der Waals surface area contributed by atoms with Crippen molar-refractivity contribution in [2.45, 2.75) is 64.3 Å². The van der Waals surface area contributed by atoms with E-state index in [9.17, 15) is 14.4 Å². The Hall–Kier alpha value is -3.61. The molecule has 2 aliphatic rings. The van der Waals surface area contributed by atoms with Gasteiger partial charge in [0.2, 0.25) is 11.8 Å². The van der Waals surface area contributed by atoms with Crippen molar-refractivity contribution in [2.24, 2.45) is 11.5 Å². The van der Waals surface area contributed by atoms with Gasteiger partial charge in [0.1, 0.15) is 0 Å². The number of nitrogens with one attached hydrogen (secondary N) is 1. The van der Waals surface area contributed by atoms with Crippen LogP contribution in [0, 0.1) is 0 Å². The summed E-state index contributed by atoms with van der Waals surface area (Å²) in [5, 5.41) is 4.68. The number of nitrogens with two attached hydrogens (primary N) is 2. The largest absolute Gasteiger partial charge is 0.382 e. The molecule has 0 saturated heterocycles. The fraction of sp³-hybridized carbons (Fsp3) is 0.370. The second-order valence-electron chi connectivity index (χ2n) is 9.14. The fourth-order valence-corrected chi connectivity index (χ4v) is 5.16. The second kappa shape index (κ2) is 10.1. The molecule has 3 aromatic rings. The Morgan fingerprint density at radius 3 is 2.38 bits per heavy atom. The number of hydrogen-bond donors (Lipinski definition) is 3. The number of anilines is 1. The molecule has 1 aliphatic heterocycles. The van der Waals surface area contributed by atoms with Gasteiger partial charge in [-0.2, -0.15) is 0 Å². The van der Waals surface area contributed by atoms with Crippen molar-refractivity contribution in [3.8, 4) is 11.1 Å². The van der Waals surface area contributed by atoms with E-state index < -0.39 is 5.91 Å². The van der Waals surface area contributed by atoms with Gasteiger partial charge in [0.05, 0.1) is 11.1 Å². The molecule has 178 valence electrons. The Kier molecular flexibility index (Phi) is 7.01. The highest BCUT2D eigenvalue weighted by Crippen LogP contribution is 2.39. The van der Waals surface area contributed by atoms with E-state index in [1.807, 2.05) is 34.9 Å². The molecule has 5 N–H and O–H groups in total. The van der Waals surface area contributed by atoms with Gasteiger partial charge in [-0.25, -0.2) is 0 Å². The van der Waals surface area contributed by atoms with Crippen LogP contribution >= 0.6 is 0 Å². The van der Waals surface area contributed by atoms with Crippen LogP contribution in [-0.2, 0) is 11.2 Å². The predicted octanol–water partition coefficient (Wildman–Crippen LogP) is 4.62. The van der Waals surface area contributed by atoms with E-state index in [0.29, 0.717) is 18.0 Å². The molecule has 1 aliphatic carbocycles. The number of fused-ring (bicyclic) bond motifs is 3. The quantitative estimate of drug-likeness (QED) is 0.526. The number of carbonyl (C=O) groups excluding carboxylic acids is 3. The van der Waals surface area contributed by atoms with Gasteiger partial charge in [0, 0.05) is 41.7 Å². The number of benzene rings is 2. The number of aromatic nitrogens is 1. The molecule has 0 spiro atoms. The van der Waals surface area contributed by atoms with E-state index in [-0.39, 0.29) is 11.8 Å². The number of amides is 2. The van der Waals surface area contributed by atoms with Crippen LogP contribution in [0.15, 0.2) is 42.5 Å². The average Bonchev–Trinajstić information content (AvgIpc) is 3.15. The van der Waals surface area contributed by atoms with Crippen molar-refractivity contribution in [3.63, 3.8) is 0 Å². The van der Waals surface area contributed by atoms with Crippen molar-refractivity contribution in [3.05, 3.63) is 53.7 Å². The lowest BCUT2D eigenvalue weighted by atomic mass is 9.93. The maximum atomic E-state index is 12.7. The number of para-hydroxylation sites is 1. The molecule has 0 radical (unpaired) electrons. The van der Waals surface area contributed by atoms with Gasteiger partial charge >= 0.3 is 0 Å². The molecule has 5 rings (SSSR count). The topological polar surface area (TPSA) is 120 Å². The molecule has 1 saturated carbocycles. The summed E-state index contributed by atoms with van der Waals surface area (Å²) < 4.78 is 1.89. The van der Waals surface area contributed by atoms with Crippen LogP contribution in [0.1, 0.15) is 72.7 Å². The molecule has 7 nitrogen and oxygen atoms in total. The number of nitrogens with zero attached hydrogens (tertiary/aromatic N) is 1. The molecule has 0 atom stereocenters. The van der Waals surface area contributed by atoms with Crippen molar-refractivity contribution in [1.29, 1.82) is 0 Å². The highest BCUT2D eigenvalue weighted by molar-refractivity contribution is 6.06. The van der Waals surface area contributed by atoms with Crippen molar-refractivity contribution >= 4 is 34.3 Å². The van der Waals surface area contributed by atoms with E-state index in [4.69, 9.17) is 5.73 Å². The Labute approximate surface area is 199 Å². The van der Waals surface area contributed by atoms with Gasteiger partial charge in [-0.3, -0.25) is 19.0 Å². The van der Waals surface area contributed by atoms with E-state index in [2.05, 4.69) is 23.2 Å². The molecule has 0 bridgehead atoms. The summed E-state index contributed by atoms with van der Waals surface area (Å²) in [4.78, 5) is 34.0. The van der Waals surface area contributed by atoms with Crippen molar-refractivity contribution in [2.75, 3.05) is 5.32 Å². The SMILES string of the molecule is CC(N)=O.NC(=O)c1ccc(-c2c3n(c4ccccc24)C(=O)CCC3)cc1NC1CCCCC1. The summed E-state index contributed by atoms with van der Waals surface area (Å²) in [6.07, 6.45) is 8.25. The molecule has 2 heterocycles. The van der Waals surface area contributed by atoms with Crippen molar-refractivity contribution in [1.82, 2.24) is 4.57 Å². The predicted molar refractivity (Wildman–Crippen MR) is 135 cm³/mol. The summed E-state index contributed by atoms with van der Waals surface area (Å²) >= 11 is 0. The maximum absolute atomic E-state index is 12.7. The van der Waals surface area contributed by atoms with Gasteiger partial charge < -0.3 is 16.8 Å². The summed E-state index contributed by atoms with van der Waals surface area (Å²) in [7, 11) is 0. The lowest BCUT2D eigenvalue weighted by Crippen LogP contribution is -2.24. The zero-order valence-corrected chi connectivity index (χ0v) is 19.6. The van der Waals surface area contributed by atoms with Crippen molar-refractivity contribution < 1.29 is 14.4 Å². The van der Waals surface area contributed by atoms with Crippen LogP contribution in [0.5, 0.6) is 0 Å². The van der Waals surface area contributed by atoms with Crippen LogP contribution < -0.4 is 16.8 Å². The first-order valence-corrected chi connectivity index (χ1v) is 12.0. The molecule has 1 aromatic heterocycles. The molecular formula is C27H32N4O3. The first kappa shape index (κ1) is 23.5. The number of rotatable bonds is 4. The molecule has 2 aromatic carbocycles. The smallest absolute Gasteiger partial charge is 0.250 e. The average molecular weight is 461 g/mol. The summed E-state index contributed by atoms with van der Waals surface area (Å²) in [6, 6.07) is 14.3. The zero-order valence-electron chi connectivity index (χ0n) is 19.6. The molecular weight excluding hydrogens is 428 g/mol. The number of carbonyl (C=O) groups is 3. The summed E-state index contributed by atoms with van der Waals surface area (Å²) in [6.45, 7) is 1.31. The number of hydrogen-bond acceptors (Lipinski definition) is 4. The minimum Gasteiger partial charge on any atom is -0.382 e. The first-order chi connectivity index (χ1) is 16.4. The van der Waals surface area contributed by atoms with Crippen LogP contribution in [0.4, 0.5) is 5.69 Å². The standard InChI is InChI=1S/C25H27N3O2.C2H5NO/c26-25(30)18-14-13-16(15-20(18)27-17-7-2-1-3-8-17)24-19-9-4-5-10-21(19)28-22(24)11-6-12-23(28)29;1-2(3)4/h4-5,9-10,13-15,17,27H,1-3,6-8,11-12H2,(H2,26,30);1H3,(H2,3,4). The summed E-state index contributed by atoms with van der Waals surface area (Å²) in [5.41, 5.74) is 15.6. The van der Waals surface area contributed by atoms with Gasteiger partial charge in [-0.15, -0.1) is 0 Å². The minimum atomic E-state index is -0.418. The van der Waals surface area contributed by atoms with Crippen LogP contribution in [0.2, 0.25) is 0 Å². The van der Waals surface area contributed by atoms with Gasteiger partial charge in [-0.05, 0) is 49.4 Å². The molecule has 0 unspecified atom stereocenters. The zero-order chi connectivity index (χ0) is 24.2. The Morgan fingerprint density at radius 1 is 0.971 bits per heavy atom. The molecule has 1 fully saturated rings. The van der Waals surface area contributed by atoms with Gasteiger partial charge in [0.15, 0.2) is 0 Å². The monoisotopic (exact) mass is 460 g/mol. The van der Waals surface area contributed by atoms with Gasteiger partial charge in [-0.1, -0.05) is 43.5 Å². The molecule has 7 heteroatoms.